The van der Waals surface area contributed by atoms with Gasteiger partial charge in [-0.2, -0.15) is 0 Å². The summed E-state index contributed by atoms with van der Waals surface area (Å²) in [6.07, 6.45) is 7.56. The molecule has 0 spiro atoms. The van der Waals surface area contributed by atoms with Crippen molar-refractivity contribution in [3.8, 4) is 47.7 Å². The fraction of sp³-hybridized carbons (Fsp3) is 0.250. The summed E-state index contributed by atoms with van der Waals surface area (Å²) in [6, 6.07) is 3.93. The van der Waals surface area contributed by atoms with E-state index in [4.69, 9.17) is 15.9 Å². The minimum absolute atomic E-state index is 0.293. The van der Waals surface area contributed by atoms with Gasteiger partial charge in [-0.05, 0) is 12.8 Å². The van der Waals surface area contributed by atoms with Crippen LogP contribution in [-0.4, -0.2) is 6.61 Å². The fourth-order valence-electron chi connectivity index (χ4n) is 1.41. The van der Waals surface area contributed by atoms with Gasteiger partial charge in [0, 0.05) is 27.7 Å². The van der Waals surface area contributed by atoms with E-state index >= 15 is 0 Å². The van der Waals surface area contributed by atoms with Crippen molar-refractivity contribution in [1.82, 2.24) is 0 Å². The van der Waals surface area contributed by atoms with Gasteiger partial charge in [0.05, 0.1) is 0 Å². The van der Waals surface area contributed by atoms with E-state index in [0.29, 0.717) is 28.8 Å². The van der Waals surface area contributed by atoms with E-state index in [9.17, 15) is 0 Å². The molecule has 1 aromatic rings. The Labute approximate surface area is 136 Å². The second-order valence-corrected chi connectivity index (χ2v) is 4.62. The monoisotopic (exact) mass is 394 g/mol. The first kappa shape index (κ1) is 16.5. The Bertz CT molecular complexity index is 622. The molecular formula is C16H12Br2O2. The van der Waals surface area contributed by atoms with Gasteiger partial charge >= 0.3 is 0 Å². The molecule has 0 saturated carbocycles. The van der Waals surface area contributed by atoms with Gasteiger partial charge in [-0.1, -0.05) is 49.9 Å². The Morgan fingerprint density at radius 2 is 1.80 bits per heavy atom. The second kappa shape index (κ2) is 9.38. The van der Waals surface area contributed by atoms with Gasteiger partial charge in [-0.25, -0.2) is 0 Å². The Morgan fingerprint density at radius 1 is 1.15 bits per heavy atom. The lowest BCUT2D eigenvalue weighted by Gasteiger charge is -2.14. The van der Waals surface area contributed by atoms with E-state index in [1.165, 1.54) is 0 Å². The normalized spacial score (nSPS) is 8.50. The van der Waals surface area contributed by atoms with Crippen LogP contribution in [0, 0.1) is 36.2 Å². The first-order valence-electron chi connectivity index (χ1n) is 5.70. The van der Waals surface area contributed by atoms with Crippen molar-refractivity contribution < 1.29 is 9.47 Å². The quantitative estimate of drug-likeness (QED) is 0.556. The third-order valence-electron chi connectivity index (χ3n) is 2.30. The first-order chi connectivity index (χ1) is 9.78. The molecule has 0 radical (unpaired) electrons. The number of rotatable bonds is 5. The summed E-state index contributed by atoms with van der Waals surface area (Å²) in [4.78, 5) is 0. The molecule has 1 rings (SSSR count). The zero-order valence-electron chi connectivity index (χ0n) is 10.9. The summed E-state index contributed by atoms with van der Waals surface area (Å²) in [7, 11) is 0. The highest BCUT2D eigenvalue weighted by atomic mass is 79.9. The number of benzene rings is 1. The van der Waals surface area contributed by atoms with Gasteiger partial charge < -0.3 is 9.47 Å². The van der Waals surface area contributed by atoms with Crippen LogP contribution in [-0.2, 0) is 10.7 Å². The molecule has 4 heteroatoms. The maximum atomic E-state index is 5.70. The Morgan fingerprint density at radius 3 is 2.35 bits per heavy atom. The van der Waals surface area contributed by atoms with Crippen molar-refractivity contribution in [2.75, 3.05) is 6.61 Å². The molecule has 0 heterocycles. The number of ether oxygens (including phenoxy) is 2. The van der Waals surface area contributed by atoms with Crippen LogP contribution in [0.15, 0.2) is 12.1 Å². The van der Waals surface area contributed by atoms with E-state index in [0.717, 1.165) is 11.1 Å². The second-order valence-electron chi connectivity index (χ2n) is 3.50. The SMILES string of the molecule is C#CC#COc1c(CBr)ccc(CBr)c1OCC#CC. The summed E-state index contributed by atoms with van der Waals surface area (Å²) in [5, 5.41) is 1.27. The van der Waals surface area contributed by atoms with Crippen LogP contribution < -0.4 is 9.47 Å². The van der Waals surface area contributed by atoms with Gasteiger partial charge in [0.15, 0.2) is 11.5 Å². The van der Waals surface area contributed by atoms with Gasteiger partial charge in [-0.15, -0.1) is 12.3 Å². The molecule has 0 N–H and O–H groups in total. The zero-order valence-corrected chi connectivity index (χ0v) is 14.1. The smallest absolute Gasteiger partial charge is 0.186 e. The summed E-state index contributed by atoms with van der Waals surface area (Å²) < 4.78 is 11.1. The molecule has 0 aliphatic carbocycles. The summed E-state index contributed by atoms with van der Waals surface area (Å²) in [6.45, 7) is 2.06. The minimum Gasteiger partial charge on any atom is -0.477 e. The van der Waals surface area contributed by atoms with Crippen molar-refractivity contribution in [2.24, 2.45) is 0 Å². The Kier molecular flexibility index (Phi) is 7.74. The van der Waals surface area contributed by atoms with Crippen LogP contribution in [0.4, 0.5) is 0 Å². The molecule has 0 aliphatic rings. The Balaban J connectivity index is 3.23. The molecule has 102 valence electrons. The lowest BCUT2D eigenvalue weighted by molar-refractivity contribution is 0.346. The highest BCUT2D eigenvalue weighted by Crippen LogP contribution is 2.37. The zero-order chi connectivity index (χ0) is 14.8. The molecular weight excluding hydrogens is 384 g/mol. The van der Waals surface area contributed by atoms with Crippen LogP contribution in [0.3, 0.4) is 0 Å². The lowest BCUT2D eigenvalue weighted by atomic mass is 10.1. The molecule has 20 heavy (non-hydrogen) atoms. The highest BCUT2D eigenvalue weighted by molar-refractivity contribution is 9.08. The topological polar surface area (TPSA) is 18.5 Å². The van der Waals surface area contributed by atoms with E-state index in [1.807, 2.05) is 12.1 Å². The van der Waals surface area contributed by atoms with E-state index in [1.54, 1.807) is 6.92 Å². The molecule has 0 saturated heterocycles. The third-order valence-corrected chi connectivity index (χ3v) is 3.51. The largest absolute Gasteiger partial charge is 0.477 e. The van der Waals surface area contributed by atoms with Gasteiger partial charge in [-0.3, -0.25) is 0 Å². The van der Waals surface area contributed by atoms with Gasteiger partial charge in [0.2, 0.25) is 0 Å². The maximum absolute atomic E-state index is 5.70. The van der Waals surface area contributed by atoms with E-state index in [2.05, 4.69) is 61.6 Å². The predicted octanol–water partition coefficient (Wildman–Crippen LogP) is 3.85. The number of hydrogen-bond donors (Lipinski definition) is 0. The minimum atomic E-state index is 0.293. The molecule has 1 aromatic carbocycles. The molecule has 0 amide bonds. The van der Waals surface area contributed by atoms with Crippen molar-refractivity contribution >= 4 is 31.9 Å². The van der Waals surface area contributed by atoms with Crippen LogP contribution >= 0.6 is 31.9 Å². The fourth-order valence-corrected chi connectivity index (χ4v) is 2.29. The van der Waals surface area contributed by atoms with Crippen LogP contribution in [0.2, 0.25) is 0 Å². The standard InChI is InChI=1S/C16H12Br2O2/c1-3-5-9-19-15-13(11-17)7-8-14(12-18)16(15)20-10-6-4-2/h1,7-8H,10-12H2,2H3. The van der Waals surface area contributed by atoms with Crippen molar-refractivity contribution in [2.45, 2.75) is 17.6 Å². The van der Waals surface area contributed by atoms with Gasteiger partial charge in [0.1, 0.15) is 12.7 Å². The number of halogens is 2. The number of hydrogen-bond acceptors (Lipinski definition) is 2. The number of terminal acetylenes is 1. The summed E-state index contributed by atoms with van der Waals surface area (Å²) in [5.41, 5.74) is 1.89. The van der Waals surface area contributed by atoms with Gasteiger partial charge in [0.25, 0.3) is 0 Å². The van der Waals surface area contributed by atoms with Crippen molar-refractivity contribution in [3.05, 3.63) is 23.3 Å². The van der Waals surface area contributed by atoms with Crippen molar-refractivity contribution in [1.29, 1.82) is 0 Å². The first-order valence-corrected chi connectivity index (χ1v) is 7.94. The highest BCUT2D eigenvalue weighted by Gasteiger charge is 2.15. The lowest BCUT2D eigenvalue weighted by Crippen LogP contribution is -2.02. The molecule has 2 nitrogen and oxygen atoms in total. The number of alkyl halides is 2. The molecule has 0 unspecified atom stereocenters. The third kappa shape index (κ3) is 4.53. The predicted molar refractivity (Wildman–Crippen MR) is 87.9 cm³/mol. The Hall–Kier alpha value is -1.54. The van der Waals surface area contributed by atoms with Crippen LogP contribution in [0.1, 0.15) is 18.1 Å². The van der Waals surface area contributed by atoms with E-state index < -0.39 is 0 Å². The molecule has 0 fully saturated rings. The maximum Gasteiger partial charge on any atom is 0.186 e. The van der Waals surface area contributed by atoms with Crippen LogP contribution in [0.25, 0.3) is 0 Å². The summed E-state index contributed by atoms with van der Waals surface area (Å²) >= 11 is 6.84. The average Bonchev–Trinajstić information content (AvgIpc) is 2.48. The molecule has 0 atom stereocenters. The molecule has 0 bridgehead atoms. The summed E-state index contributed by atoms with van der Waals surface area (Å²) in [5.74, 6) is 11.5. The van der Waals surface area contributed by atoms with Crippen LogP contribution in [0.5, 0.6) is 11.5 Å². The average molecular weight is 396 g/mol. The molecule has 0 aliphatic heterocycles. The molecule has 0 aromatic heterocycles. The van der Waals surface area contributed by atoms with E-state index in [-0.39, 0.29) is 0 Å². The van der Waals surface area contributed by atoms with Crippen molar-refractivity contribution in [3.63, 3.8) is 0 Å².